The van der Waals surface area contributed by atoms with Gasteiger partial charge in [0.1, 0.15) is 17.7 Å². The molecule has 2 aliphatic heterocycles. The van der Waals surface area contributed by atoms with Gasteiger partial charge in [-0.15, -0.1) is 11.8 Å². The molecule has 28 heavy (non-hydrogen) atoms. The number of thioether (sulfide) groups is 1. The Morgan fingerprint density at radius 2 is 2.11 bits per heavy atom. The summed E-state index contributed by atoms with van der Waals surface area (Å²) in [4.78, 5) is 8.20. The van der Waals surface area contributed by atoms with Crippen LogP contribution in [0.5, 0.6) is 5.75 Å². The van der Waals surface area contributed by atoms with E-state index in [1.165, 1.54) is 22.6 Å². The van der Waals surface area contributed by atoms with Gasteiger partial charge in [0.25, 0.3) is 0 Å². The molecule has 0 spiro atoms. The van der Waals surface area contributed by atoms with Crippen LogP contribution in [0.3, 0.4) is 0 Å². The van der Waals surface area contributed by atoms with Crippen molar-refractivity contribution in [3.63, 3.8) is 0 Å². The molecule has 148 valence electrons. The molecule has 0 amide bonds. The molecule has 2 aromatic rings. The standard InChI is InChI=1S/C23H27FN2OS/c1-16-5-6-18(13-21(16)24)22(15-26-10-9-25-17(2)14-26)27-20-7-8-23-19(12-20)4-3-11-28-23/h5-8,12-13,22H,3-4,9-11,14-15H2,1-2H3. The predicted octanol–water partition coefficient (Wildman–Crippen LogP) is 5.07. The molecule has 0 fully saturated rings. The smallest absolute Gasteiger partial charge is 0.136 e. The van der Waals surface area contributed by atoms with E-state index in [4.69, 9.17) is 4.74 Å². The van der Waals surface area contributed by atoms with Crippen molar-refractivity contribution in [2.75, 3.05) is 31.9 Å². The summed E-state index contributed by atoms with van der Waals surface area (Å²) < 4.78 is 20.7. The van der Waals surface area contributed by atoms with Crippen LogP contribution in [0.15, 0.2) is 46.3 Å². The molecule has 5 heteroatoms. The summed E-state index contributed by atoms with van der Waals surface area (Å²) in [6, 6.07) is 11.8. The maximum atomic E-state index is 14.3. The summed E-state index contributed by atoms with van der Waals surface area (Å²) in [6.07, 6.45) is 2.10. The van der Waals surface area contributed by atoms with Crippen molar-refractivity contribution in [3.8, 4) is 5.75 Å². The molecule has 0 aromatic heterocycles. The summed E-state index contributed by atoms with van der Waals surface area (Å²) in [5.74, 6) is 1.88. The van der Waals surface area contributed by atoms with E-state index in [2.05, 4.69) is 35.0 Å². The number of aliphatic imine (C=N–C) groups is 1. The molecular weight excluding hydrogens is 371 g/mol. The summed E-state index contributed by atoms with van der Waals surface area (Å²) in [7, 11) is 0. The van der Waals surface area contributed by atoms with Crippen LogP contribution < -0.4 is 4.74 Å². The van der Waals surface area contributed by atoms with E-state index >= 15 is 0 Å². The maximum Gasteiger partial charge on any atom is 0.136 e. The van der Waals surface area contributed by atoms with E-state index in [0.29, 0.717) is 5.56 Å². The fraction of sp³-hybridized carbons (Fsp3) is 0.435. The second-order valence-corrected chi connectivity index (χ2v) is 8.83. The minimum atomic E-state index is -0.213. The molecule has 0 saturated heterocycles. The molecule has 0 radical (unpaired) electrons. The van der Waals surface area contributed by atoms with E-state index in [1.54, 1.807) is 13.0 Å². The van der Waals surface area contributed by atoms with Crippen LogP contribution in [-0.4, -0.2) is 42.5 Å². The van der Waals surface area contributed by atoms with Crippen molar-refractivity contribution in [1.82, 2.24) is 4.90 Å². The van der Waals surface area contributed by atoms with E-state index < -0.39 is 0 Å². The van der Waals surface area contributed by atoms with Gasteiger partial charge in [-0.05, 0) is 73.4 Å². The number of hydrogen-bond donors (Lipinski definition) is 0. The molecule has 0 N–H and O–H groups in total. The quantitative estimate of drug-likeness (QED) is 0.703. The topological polar surface area (TPSA) is 24.8 Å². The number of aryl methyl sites for hydroxylation is 2. The molecule has 3 nitrogen and oxygen atoms in total. The highest BCUT2D eigenvalue weighted by molar-refractivity contribution is 7.99. The van der Waals surface area contributed by atoms with Gasteiger partial charge in [0.2, 0.25) is 0 Å². The van der Waals surface area contributed by atoms with E-state index in [1.807, 2.05) is 23.9 Å². The van der Waals surface area contributed by atoms with Crippen LogP contribution in [0.4, 0.5) is 4.39 Å². The highest BCUT2D eigenvalue weighted by Crippen LogP contribution is 2.34. The highest BCUT2D eigenvalue weighted by Gasteiger charge is 2.22. The van der Waals surface area contributed by atoms with Crippen molar-refractivity contribution in [2.24, 2.45) is 4.99 Å². The van der Waals surface area contributed by atoms with Gasteiger partial charge in [-0.3, -0.25) is 9.89 Å². The summed E-state index contributed by atoms with van der Waals surface area (Å²) in [5, 5.41) is 0. The van der Waals surface area contributed by atoms with Crippen LogP contribution in [0.2, 0.25) is 0 Å². The first-order chi connectivity index (χ1) is 13.6. The van der Waals surface area contributed by atoms with Crippen molar-refractivity contribution < 1.29 is 9.13 Å². The molecule has 2 aliphatic rings. The van der Waals surface area contributed by atoms with E-state index in [9.17, 15) is 4.39 Å². The summed E-state index contributed by atoms with van der Waals surface area (Å²) in [5.41, 5.74) is 4.05. The average Bonchev–Trinajstić information content (AvgIpc) is 2.69. The Morgan fingerprint density at radius 3 is 2.93 bits per heavy atom. The van der Waals surface area contributed by atoms with Gasteiger partial charge in [0, 0.05) is 30.2 Å². The number of benzene rings is 2. The zero-order chi connectivity index (χ0) is 19.5. The largest absolute Gasteiger partial charge is 0.484 e. The summed E-state index contributed by atoms with van der Waals surface area (Å²) >= 11 is 1.92. The van der Waals surface area contributed by atoms with Crippen molar-refractivity contribution in [1.29, 1.82) is 0 Å². The Balaban J connectivity index is 1.58. The first-order valence-corrected chi connectivity index (χ1v) is 11.0. The van der Waals surface area contributed by atoms with Gasteiger partial charge in [-0.25, -0.2) is 4.39 Å². The van der Waals surface area contributed by atoms with Crippen LogP contribution in [-0.2, 0) is 6.42 Å². The molecule has 0 saturated carbocycles. The Kier molecular flexibility index (Phi) is 6.02. The molecule has 0 bridgehead atoms. The predicted molar refractivity (Wildman–Crippen MR) is 114 cm³/mol. The maximum absolute atomic E-state index is 14.3. The second-order valence-electron chi connectivity index (χ2n) is 7.69. The van der Waals surface area contributed by atoms with Gasteiger partial charge >= 0.3 is 0 Å². The molecule has 2 heterocycles. The summed E-state index contributed by atoms with van der Waals surface area (Å²) in [6.45, 7) is 7.15. The lowest BCUT2D eigenvalue weighted by Crippen LogP contribution is -2.39. The number of halogens is 1. The average molecular weight is 399 g/mol. The fourth-order valence-electron chi connectivity index (χ4n) is 3.82. The second kappa shape index (κ2) is 8.66. The Hall–Kier alpha value is -1.85. The number of nitrogens with zero attached hydrogens (tertiary/aromatic N) is 2. The van der Waals surface area contributed by atoms with Gasteiger partial charge in [-0.1, -0.05) is 12.1 Å². The minimum Gasteiger partial charge on any atom is -0.484 e. The van der Waals surface area contributed by atoms with Gasteiger partial charge in [0.05, 0.1) is 6.54 Å². The van der Waals surface area contributed by atoms with E-state index in [-0.39, 0.29) is 11.9 Å². The molecule has 2 aromatic carbocycles. The number of hydrogen-bond acceptors (Lipinski definition) is 4. The Bertz CT molecular complexity index is 883. The monoisotopic (exact) mass is 398 g/mol. The zero-order valence-corrected chi connectivity index (χ0v) is 17.4. The van der Waals surface area contributed by atoms with Crippen molar-refractivity contribution >= 4 is 17.5 Å². The lowest BCUT2D eigenvalue weighted by molar-refractivity contribution is 0.142. The van der Waals surface area contributed by atoms with E-state index in [0.717, 1.165) is 49.6 Å². The molecule has 0 aliphatic carbocycles. The molecule has 4 rings (SSSR count). The molecule has 1 atom stereocenters. The third-order valence-electron chi connectivity index (χ3n) is 5.40. The normalized spacial score (nSPS) is 18.3. The van der Waals surface area contributed by atoms with Gasteiger partial charge in [0.15, 0.2) is 0 Å². The number of fused-ring (bicyclic) bond motifs is 1. The van der Waals surface area contributed by atoms with Crippen LogP contribution in [0, 0.1) is 12.7 Å². The lowest BCUT2D eigenvalue weighted by Gasteiger charge is -2.30. The fourth-order valence-corrected chi connectivity index (χ4v) is 4.84. The first-order valence-electron chi connectivity index (χ1n) is 9.99. The number of ether oxygens (including phenoxy) is 1. The Labute approximate surface area is 171 Å². The lowest BCUT2D eigenvalue weighted by atomic mass is 10.1. The molecule has 1 unspecified atom stereocenters. The third kappa shape index (κ3) is 4.58. The molecular formula is C23H27FN2OS. The minimum absolute atomic E-state index is 0.177. The van der Waals surface area contributed by atoms with Gasteiger partial charge in [-0.2, -0.15) is 0 Å². The van der Waals surface area contributed by atoms with Crippen LogP contribution in [0.25, 0.3) is 0 Å². The highest BCUT2D eigenvalue weighted by atomic mass is 32.2. The van der Waals surface area contributed by atoms with Crippen LogP contribution in [0.1, 0.15) is 36.1 Å². The third-order valence-corrected chi connectivity index (χ3v) is 6.60. The SMILES string of the molecule is CC1=NCCN(CC(Oc2ccc3c(c2)CCCS3)c2ccc(C)c(F)c2)C1. The van der Waals surface area contributed by atoms with Gasteiger partial charge < -0.3 is 4.74 Å². The zero-order valence-electron chi connectivity index (χ0n) is 16.6. The Morgan fingerprint density at radius 1 is 1.21 bits per heavy atom. The first kappa shape index (κ1) is 19.5. The van der Waals surface area contributed by atoms with Crippen molar-refractivity contribution in [3.05, 3.63) is 58.9 Å². The van der Waals surface area contributed by atoms with Crippen LogP contribution >= 0.6 is 11.8 Å². The number of rotatable bonds is 5. The van der Waals surface area contributed by atoms with Crippen molar-refractivity contribution in [2.45, 2.75) is 37.7 Å².